The molecular weight excluding hydrogens is 322 g/mol. The second kappa shape index (κ2) is 6.86. The van der Waals surface area contributed by atoms with Crippen LogP contribution in [0.15, 0.2) is 0 Å². The maximum absolute atomic E-state index is 10.9. The molecule has 4 aliphatic rings. The van der Waals surface area contributed by atoms with Crippen LogP contribution in [0.3, 0.4) is 0 Å². The number of nitrogens with one attached hydrogen (secondary N) is 2. The van der Waals surface area contributed by atoms with E-state index in [1.54, 1.807) is 0 Å². The Morgan fingerprint density at radius 2 is 1.50 bits per heavy atom. The molecule has 4 aliphatic carbocycles. The van der Waals surface area contributed by atoms with E-state index in [4.69, 9.17) is 5.14 Å². The molecule has 4 saturated carbocycles. The van der Waals surface area contributed by atoms with Gasteiger partial charge in [-0.1, -0.05) is 20.8 Å². The first-order valence-electron chi connectivity index (χ1n) is 9.63. The molecule has 140 valence electrons. The summed E-state index contributed by atoms with van der Waals surface area (Å²) in [7, 11) is -3.54. The van der Waals surface area contributed by atoms with Gasteiger partial charge in [-0.05, 0) is 80.1 Å². The molecule has 0 atom stereocenters. The van der Waals surface area contributed by atoms with Crippen molar-refractivity contribution < 1.29 is 8.42 Å². The van der Waals surface area contributed by atoms with Crippen molar-refractivity contribution >= 4 is 10.2 Å². The van der Waals surface area contributed by atoms with Gasteiger partial charge in [0.1, 0.15) is 0 Å². The van der Waals surface area contributed by atoms with Crippen LogP contribution >= 0.6 is 0 Å². The lowest BCUT2D eigenvalue weighted by atomic mass is 9.48. The standard InChI is InChI=1S/C18H35N3O2S/c1-18(2,3)11-16-12-7-14-9-13(16)10-15(8-12)17(14)20-5-4-6-21-24(19,22)23/h12-17,20-21H,4-11H2,1-3H3,(H2,19,22,23). The van der Waals surface area contributed by atoms with E-state index >= 15 is 0 Å². The van der Waals surface area contributed by atoms with E-state index in [0.29, 0.717) is 18.0 Å². The summed E-state index contributed by atoms with van der Waals surface area (Å²) >= 11 is 0. The Morgan fingerprint density at radius 3 is 1.96 bits per heavy atom. The van der Waals surface area contributed by atoms with Crippen molar-refractivity contribution in [3.05, 3.63) is 0 Å². The molecule has 0 spiro atoms. The highest BCUT2D eigenvalue weighted by molar-refractivity contribution is 7.87. The van der Waals surface area contributed by atoms with Crippen LogP contribution in [-0.2, 0) is 10.2 Å². The van der Waals surface area contributed by atoms with Gasteiger partial charge in [-0.3, -0.25) is 0 Å². The minimum atomic E-state index is -3.54. The van der Waals surface area contributed by atoms with Gasteiger partial charge in [0, 0.05) is 12.6 Å². The zero-order valence-electron chi connectivity index (χ0n) is 15.4. The summed E-state index contributed by atoms with van der Waals surface area (Å²) in [6, 6.07) is 0.655. The van der Waals surface area contributed by atoms with Crippen molar-refractivity contribution in [1.82, 2.24) is 10.0 Å². The summed E-state index contributed by atoms with van der Waals surface area (Å²) < 4.78 is 24.1. The fourth-order valence-corrected chi connectivity index (χ4v) is 6.37. The van der Waals surface area contributed by atoms with Gasteiger partial charge in [0.25, 0.3) is 10.2 Å². The normalized spacial score (nSPS) is 38.7. The summed E-state index contributed by atoms with van der Waals surface area (Å²) in [5.41, 5.74) is 0.452. The Hall–Kier alpha value is -0.170. The monoisotopic (exact) mass is 357 g/mol. The van der Waals surface area contributed by atoms with Crippen LogP contribution in [0.2, 0.25) is 0 Å². The van der Waals surface area contributed by atoms with Crippen LogP contribution in [0.1, 0.15) is 59.3 Å². The van der Waals surface area contributed by atoms with Gasteiger partial charge >= 0.3 is 0 Å². The molecule has 4 rings (SSSR count). The molecule has 0 aromatic rings. The maximum atomic E-state index is 10.9. The molecule has 6 heteroatoms. The van der Waals surface area contributed by atoms with Crippen molar-refractivity contribution in [1.29, 1.82) is 0 Å². The zero-order valence-corrected chi connectivity index (χ0v) is 16.2. The molecule has 0 radical (unpaired) electrons. The van der Waals surface area contributed by atoms with E-state index in [9.17, 15) is 8.42 Å². The second-order valence-corrected chi connectivity index (χ2v) is 11.1. The molecule has 24 heavy (non-hydrogen) atoms. The first-order chi connectivity index (χ1) is 11.1. The summed E-state index contributed by atoms with van der Waals surface area (Å²) in [5.74, 6) is 4.55. The van der Waals surface area contributed by atoms with Gasteiger partial charge in [-0.2, -0.15) is 8.42 Å². The summed E-state index contributed by atoms with van der Waals surface area (Å²) in [4.78, 5) is 0. The van der Waals surface area contributed by atoms with E-state index < -0.39 is 10.2 Å². The van der Waals surface area contributed by atoms with Crippen molar-refractivity contribution in [2.45, 2.75) is 65.3 Å². The highest BCUT2D eigenvalue weighted by Crippen LogP contribution is 2.58. The predicted molar refractivity (Wildman–Crippen MR) is 97.5 cm³/mol. The molecule has 0 aromatic heterocycles. The van der Waals surface area contributed by atoms with Gasteiger partial charge in [-0.15, -0.1) is 0 Å². The first kappa shape index (κ1) is 18.6. The SMILES string of the molecule is CC(C)(C)CC1C2CC3CC1CC(C2)C3NCCCNS(N)(=O)=O. The van der Waals surface area contributed by atoms with Gasteiger partial charge in [-0.25, -0.2) is 9.86 Å². The summed E-state index contributed by atoms with van der Waals surface area (Å²) in [5, 5.41) is 8.69. The quantitative estimate of drug-likeness (QED) is 0.611. The number of nitrogens with two attached hydrogens (primary N) is 1. The van der Waals surface area contributed by atoms with Crippen molar-refractivity contribution in [2.75, 3.05) is 13.1 Å². The highest BCUT2D eigenvalue weighted by atomic mass is 32.2. The minimum absolute atomic E-state index is 0.423. The molecule has 0 aliphatic heterocycles. The minimum Gasteiger partial charge on any atom is -0.313 e. The van der Waals surface area contributed by atoms with Crippen LogP contribution in [0, 0.1) is 35.0 Å². The first-order valence-corrected chi connectivity index (χ1v) is 11.2. The van der Waals surface area contributed by atoms with Crippen molar-refractivity contribution in [2.24, 2.45) is 40.1 Å². The lowest BCUT2D eigenvalue weighted by molar-refractivity contribution is -0.0729. The van der Waals surface area contributed by atoms with E-state index in [0.717, 1.165) is 42.6 Å². The Kier molecular flexibility index (Phi) is 5.32. The molecule has 0 heterocycles. The van der Waals surface area contributed by atoms with Crippen molar-refractivity contribution in [3.8, 4) is 0 Å². The van der Waals surface area contributed by atoms with E-state index in [2.05, 4.69) is 30.8 Å². The van der Waals surface area contributed by atoms with Gasteiger partial charge < -0.3 is 5.32 Å². The Balaban J connectivity index is 1.47. The topological polar surface area (TPSA) is 84.2 Å². The predicted octanol–water partition coefficient (Wildman–Crippen LogP) is 2.25. The van der Waals surface area contributed by atoms with Crippen LogP contribution in [0.5, 0.6) is 0 Å². The third-order valence-electron chi connectivity index (χ3n) is 6.53. The molecule has 0 aromatic carbocycles. The van der Waals surface area contributed by atoms with Crippen molar-refractivity contribution in [3.63, 3.8) is 0 Å². The summed E-state index contributed by atoms with van der Waals surface area (Å²) in [6.45, 7) is 8.46. The fourth-order valence-electron chi connectivity index (χ4n) is 5.94. The van der Waals surface area contributed by atoms with E-state index in [1.807, 2.05) is 0 Å². The average Bonchev–Trinajstić information content (AvgIpc) is 2.40. The third kappa shape index (κ3) is 4.51. The molecule has 5 nitrogen and oxygen atoms in total. The van der Waals surface area contributed by atoms with Crippen LogP contribution in [0.25, 0.3) is 0 Å². The van der Waals surface area contributed by atoms with E-state index in [1.165, 1.54) is 32.1 Å². The molecule has 4 bridgehead atoms. The number of hydrogen-bond acceptors (Lipinski definition) is 3. The van der Waals surface area contributed by atoms with Crippen LogP contribution in [0.4, 0.5) is 0 Å². The number of hydrogen-bond donors (Lipinski definition) is 3. The van der Waals surface area contributed by atoms with Gasteiger partial charge in [0.2, 0.25) is 0 Å². The molecule has 0 amide bonds. The Morgan fingerprint density at radius 1 is 0.958 bits per heavy atom. The smallest absolute Gasteiger partial charge is 0.274 e. The molecular formula is C18H35N3O2S. The Labute approximate surface area is 147 Å². The third-order valence-corrected chi connectivity index (χ3v) is 7.14. The lowest BCUT2D eigenvalue weighted by Crippen LogP contribution is -2.58. The zero-order chi connectivity index (χ0) is 17.5. The van der Waals surface area contributed by atoms with E-state index in [-0.39, 0.29) is 0 Å². The lowest BCUT2D eigenvalue weighted by Gasteiger charge is -2.59. The average molecular weight is 358 g/mol. The largest absolute Gasteiger partial charge is 0.313 e. The van der Waals surface area contributed by atoms with Gasteiger partial charge in [0.15, 0.2) is 0 Å². The second-order valence-electron chi connectivity index (χ2n) is 9.68. The molecule has 4 fully saturated rings. The molecule has 0 unspecified atom stereocenters. The van der Waals surface area contributed by atoms with Gasteiger partial charge in [0.05, 0.1) is 0 Å². The van der Waals surface area contributed by atoms with Crippen LogP contribution < -0.4 is 15.2 Å². The molecule has 4 N–H and O–H groups in total. The fraction of sp³-hybridized carbons (Fsp3) is 1.00. The number of rotatable bonds is 7. The maximum Gasteiger partial charge on any atom is 0.274 e. The molecule has 0 saturated heterocycles. The summed E-state index contributed by atoms with van der Waals surface area (Å²) in [6.07, 6.45) is 7.80. The Bertz CT molecular complexity index is 511. The van der Waals surface area contributed by atoms with Crippen LogP contribution in [-0.4, -0.2) is 27.5 Å². The highest BCUT2D eigenvalue weighted by Gasteiger charge is 2.52.